The fourth-order valence-corrected chi connectivity index (χ4v) is 2.63. The molecule has 1 aliphatic heterocycles. The van der Waals surface area contributed by atoms with Crippen LogP contribution in [0.4, 0.5) is 5.69 Å². The number of halogens is 1. The summed E-state index contributed by atoms with van der Waals surface area (Å²) in [5.41, 5.74) is 1.22. The van der Waals surface area contributed by atoms with Crippen molar-refractivity contribution in [2.75, 3.05) is 25.0 Å². The third-order valence-electron chi connectivity index (χ3n) is 3.66. The van der Waals surface area contributed by atoms with Crippen molar-refractivity contribution in [3.05, 3.63) is 36.7 Å². The van der Waals surface area contributed by atoms with Crippen LogP contribution < -0.4 is 10.6 Å². The van der Waals surface area contributed by atoms with E-state index in [1.165, 1.54) is 35.8 Å². The van der Waals surface area contributed by atoms with Crippen molar-refractivity contribution in [1.29, 1.82) is 0 Å². The highest BCUT2D eigenvalue weighted by atomic mass is 35.5. The van der Waals surface area contributed by atoms with E-state index in [9.17, 15) is 0 Å². The Morgan fingerprint density at radius 1 is 1.32 bits per heavy atom. The SMILES string of the molecule is Cl.c1cc(NCC2CCCNC2)c2ccncc2c1. The van der Waals surface area contributed by atoms with E-state index in [1.807, 2.05) is 12.4 Å². The summed E-state index contributed by atoms with van der Waals surface area (Å²) in [6, 6.07) is 8.43. The first-order valence-corrected chi connectivity index (χ1v) is 6.71. The van der Waals surface area contributed by atoms with Gasteiger partial charge in [0.1, 0.15) is 0 Å². The van der Waals surface area contributed by atoms with Gasteiger partial charge >= 0.3 is 0 Å². The molecule has 2 heterocycles. The molecule has 0 amide bonds. The van der Waals surface area contributed by atoms with Gasteiger partial charge in [0.15, 0.2) is 0 Å². The van der Waals surface area contributed by atoms with Gasteiger partial charge in [0.05, 0.1) is 0 Å². The van der Waals surface area contributed by atoms with Gasteiger partial charge in [0.25, 0.3) is 0 Å². The molecule has 1 fully saturated rings. The van der Waals surface area contributed by atoms with E-state index in [0.29, 0.717) is 0 Å². The smallest absolute Gasteiger partial charge is 0.0421 e. The molecule has 0 bridgehead atoms. The number of nitrogens with one attached hydrogen (secondary N) is 2. The van der Waals surface area contributed by atoms with Crippen LogP contribution in [0.5, 0.6) is 0 Å². The van der Waals surface area contributed by atoms with Gasteiger partial charge in [-0.25, -0.2) is 0 Å². The Kier molecular flexibility index (Phi) is 5.00. The first-order chi connectivity index (χ1) is 8.93. The highest BCUT2D eigenvalue weighted by molar-refractivity contribution is 5.93. The number of benzene rings is 1. The normalized spacial score (nSPS) is 18.8. The van der Waals surface area contributed by atoms with Crippen LogP contribution in [0, 0.1) is 5.92 Å². The summed E-state index contributed by atoms with van der Waals surface area (Å²) in [7, 11) is 0. The van der Waals surface area contributed by atoms with Crippen LogP contribution in [-0.4, -0.2) is 24.6 Å². The molecule has 3 nitrogen and oxygen atoms in total. The maximum atomic E-state index is 4.17. The largest absolute Gasteiger partial charge is 0.384 e. The first kappa shape index (κ1) is 14.1. The Hall–Kier alpha value is -1.32. The Morgan fingerprint density at radius 3 is 3.11 bits per heavy atom. The van der Waals surface area contributed by atoms with Crippen molar-refractivity contribution in [3.63, 3.8) is 0 Å². The van der Waals surface area contributed by atoms with E-state index >= 15 is 0 Å². The lowest BCUT2D eigenvalue weighted by Gasteiger charge is -2.23. The summed E-state index contributed by atoms with van der Waals surface area (Å²) in [5, 5.41) is 9.51. The molecule has 1 aromatic carbocycles. The van der Waals surface area contributed by atoms with Gasteiger partial charge in [0, 0.05) is 35.4 Å². The summed E-state index contributed by atoms with van der Waals surface area (Å²) in [6.45, 7) is 3.37. The number of rotatable bonds is 3. The van der Waals surface area contributed by atoms with Crippen LogP contribution in [0.25, 0.3) is 10.8 Å². The molecule has 2 N–H and O–H groups in total. The highest BCUT2D eigenvalue weighted by Gasteiger charge is 2.12. The second-order valence-electron chi connectivity index (χ2n) is 5.00. The molecule has 1 unspecified atom stereocenters. The summed E-state index contributed by atoms with van der Waals surface area (Å²) in [5.74, 6) is 0.746. The van der Waals surface area contributed by atoms with Crippen molar-refractivity contribution in [2.24, 2.45) is 5.92 Å². The van der Waals surface area contributed by atoms with Crippen LogP contribution in [0.3, 0.4) is 0 Å². The summed E-state index contributed by atoms with van der Waals surface area (Å²) < 4.78 is 0. The van der Waals surface area contributed by atoms with Crippen molar-refractivity contribution in [3.8, 4) is 0 Å². The van der Waals surface area contributed by atoms with Crippen molar-refractivity contribution >= 4 is 28.9 Å². The number of piperidine rings is 1. The molecule has 4 heteroatoms. The molecule has 0 radical (unpaired) electrons. The maximum Gasteiger partial charge on any atom is 0.0421 e. The van der Waals surface area contributed by atoms with Crippen molar-refractivity contribution in [1.82, 2.24) is 10.3 Å². The number of pyridine rings is 1. The third kappa shape index (κ3) is 3.37. The predicted molar refractivity (Wildman–Crippen MR) is 83.1 cm³/mol. The predicted octanol–water partition coefficient (Wildman–Crippen LogP) is 3.07. The molecule has 1 atom stereocenters. The number of anilines is 1. The van der Waals surface area contributed by atoms with Crippen molar-refractivity contribution in [2.45, 2.75) is 12.8 Å². The molecule has 0 aliphatic carbocycles. The summed E-state index contributed by atoms with van der Waals surface area (Å²) >= 11 is 0. The molecular weight excluding hydrogens is 258 g/mol. The van der Waals surface area contributed by atoms with Gasteiger partial charge in [-0.2, -0.15) is 0 Å². The van der Waals surface area contributed by atoms with Gasteiger partial charge in [-0.05, 0) is 44.0 Å². The molecule has 102 valence electrons. The number of aromatic nitrogens is 1. The third-order valence-corrected chi connectivity index (χ3v) is 3.66. The molecular formula is C15H20ClN3. The number of hydrogen-bond acceptors (Lipinski definition) is 3. The van der Waals surface area contributed by atoms with Gasteiger partial charge in [-0.15, -0.1) is 12.4 Å². The minimum atomic E-state index is 0. The lowest BCUT2D eigenvalue weighted by molar-refractivity contribution is 0.393. The summed E-state index contributed by atoms with van der Waals surface area (Å²) in [4.78, 5) is 4.17. The molecule has 19 heavy (non-hydrogen) atoms. The van der Waals surface area contributed by atoms with E-state index < -0.39 is 0 Å². The fraction of sp³-hybridized carbons (Fsp3) is 0.400. The second-order valence-corrected chi connectivity index (χ2v) is 5.00. The highest BCUT2D eigenvalue weighted by Crippen LogP contribution is 2.22. The quantitative estimate of drug-likeness (QED) is 0.905. The van der Waals surface area contributed by atoms with Crippen LogP contribution in [-0.2, 0) is 0 Å². The van der Waals surface area contributed by atoms with Crippen LogP contribution in [0.2, 0.25) is 0 Å². The topological polar surface area (TPSA) is 37.0 Å². The van der Waals surface area contributed by atoms with Crippen LogP contribution in [0.15, 0.2) is 36.7 Å². The molecule has 2 aromatic rings. The minimum Gasteiger partial charge on any atom is -0.384 e. The Bertz CT molecular complexity index is 518. The number of nitrogens with zero attached hydrogens (tertiary/aromatic N) is 1. The standard InChI is InChI=1S/C15H19N3.ClH/c1-4-13-11-17-8-6-14(13)15(5-1)18-10-12-3-2-7-16-9-12;/h1,4-6,8,11-12,16,18H,2-3,7,9-10H2;1H. The van der Waals surface area contributed by atoms with Gasteiger partial charge in [0.2, 0.25) is 0 Å². The lowest BCUT2D eigenvalue weighted by Crippen LogP contribution is -2.33. The number of fused-ring (bicyclic) bond motifs is 1. The fourth-order valence-electron chi connectivity index (χ4n) is 2.63. The van der Waals surface area contributed by atoms with E-state index in [1.54, 1.807) is 0 Å². The van der Waals surface area contributed by atoms with E-state index in [-0.39, 0.29) is 12.4 Å². The van der Waals surface area contributed by atoms with E-state index in [0.717, 1.165) is 19.0 Å². The van der Waals surface area contributed by atoms with Crippen LogP contribution in [0.1, 0.15) is 12.8 Å². The lowest BCUT2D eigenvalue weighted by atomic mass is 9.99. The molecule has 1 aromatic heterocycles. The zero-order chi connectivity index (χ0) is 12.2. The van der Waals surface area contributed by atoms with Gasteiger partial charge < -0.3 is 10.6 Å². The zero-order valence-corrected chi connectivity index (χ0v) is 11.7. The van der Waals surface area contributed by atoms with Gasteiger partial charge in [-0.3, -0.25) is 4.98 Å². The van der Waals surface area contributed by atoms with E-state index in [4.69, 9.17) is 0 Å². The Balaban J connectivity index is 0.00000133. The maximum absolute atomic E-state index is 4.17. The van der Waals surface area contributed by atoms with Crippen molar-refractivity contribution < 1.29 is 0 Å². The molecule has 0 spiro atoms. The molecule has 1 saturated heterocycles. The molecule has 1 aliphatic rings. The average Bonchev–Trinajstić information content (AvgIpc) is 2.46. The minimum absolute atomic E-state index is 0. The molecule has 0 saturated carbocycles. The number of hydrogen-bond donors (Lipinski definition) is 2. The Labute approximate surface area is 120 Å². The van der Waals surface area contributed by atoms with Crippen LogP contribution >= 0.6 is 12.4 Å². The Morgan fingerprint density at radius 2 is 2.26 bits per heavy atom. The van der Waals surface area contributed by atoms with Gasteiger partial charge in [-0.1, -0.05) is 12.1 Å². The first-order valence-electron chi connectivity index (χ1n) is 6.71. The monoisotopic (exact) mass is 277 g/mol. The van der Waals surface area contributed by atoms with E-state index in [2.05, 4.69) is 39.9 Å². The molecule has 3 rings (SSSR count). The summed E-state index contributed by atoms with van der Waals surface area (Å²) in [6.07, 6.45) is 6.40. The zero-order valence-electron chi connectivity index (χ0n) is 10.9. The average molecular weight is 278 g/mol. The second kappa shape index (κ2) is 6.73.